The minimum absolute atomic E-state index is 0.184. The van der Waals surface area contributed by atoms with Gasteiger partial charge in [-0.1, -0.05) is 26.0 Å². The second kappa shape index (κ2) is 4.05. The van der Waals surface area contributed by atoms with E-state index in [1.807, 2.05) is 13.8 Å². The second-order valence-corrected chi connectivity index (χ2v) is 5.66. The van der Waals surface area contributed by atoms with Crippen LogP contribution in [0.2, 0.25) is 0 Å². The lowest BCUT2D eigenvalue weighted by molar-refractivity contribution is -0.0425. The Morgan fingerprint density at radius 1 is 1.24 bits per heavy atom. The topological polar surface area (TPSA) is 20.2 Å². The van der Waals surface area contributed by atoms with Crippen molar-refractivity contribution < 1.29 is 13.9 Å². The summed E-state index contributed by atoms with van der Waals surface area (Å²) in [5, 5.41) is 10.6. The van der Waals surface area contributed by atoms with Gasteiger partial charge in [-0.3, -0.25) is 0 Å². The summed E-state index contributed by atoms with van der Waals surface area (Å²) >= 11 is 0. The monoisotopic (exact) mass is 240 g/mol. The first-order valence-electron chi connectivity index (χ1n) is 6.01. The number of hydrogen-bond donors (Lipinski definition) is 1. The molecule has 0 aromatic heterocycles. The summed E-state index contributed by atoms with van der Waals surface area (Å²) in [6.07, 6.45) is 2.68. The van der Waals surface area contributed by atoms with Gasteiger partial charge in [0.1, 0.15) is 0 Å². The molecule has 2 rings (SSSR count). The molecule has 0 amide bonds. The van der Waals surface area contributed by atoms with Crippen molar-refractivity contribution in [3.05, 3.63) is 35.4 Å². The highest BCUT2D eigenvalue weighted by Crippen LogP contribution is 2.47. The Bertz CT molecular complexity index is 428. The summed E-state index contributed by atoms with van der Waals surface area (Å²) in [5.41, 5.74) is -0.907. The Hall–Kier alpha value is -0.960. The van der Waals surface area contributed by atoms with Gasteiger partial charge >= 0.3 is 0 Å². The van der Waals surface area contributed by atoms with Gasteiger partial charge in [-0.05, 0) is 36.3 Å². The summed E-state index contributed by atoms with van der Waals surface area (Å²) in [5.74, 6) is -1.68. The van der Waals surface area contributed by atoms with Crippen molar-refractivity contribution in [3.63, 3.8) is 0 Å². The molecule has 0 aliphatic heterocycles. The van der Waals surface area contributed by atoms with E-state index in [1.165, 1.54) is 6.07 Å². The Morgan fingerprint density at radius 2 is 1.94 bits per heavy atom. The zero-order chi connectivity index (χ0) is 12.7. The quantitative estimate of drug-likeness (QED) is 0.839. The van der Waals surface area contributed by atoms with E-state index in [2.05, 4.69) is 0 Å². The lowest BCUT2D eigenvalue weighted by Crippen LogP contribution is -2.42. The molecule has 94 valence electrons. The molecule has 1 atom stereocenters. The maximum Gasteiger partial charge on any atom is 0.162 e. The van der Waals surface area contributed by atoms with Crippen LogP contribution in [0.1, 0.15) is 38.7 Å². The van der Waals surface area contributed by atoms with Gasteiger partial charge in [0.15, 0.2) is 11.6 Å². The van der Waals surface area contributed by atoms with E-state index in [0.717, 1.165) is 18.9 Å². The molecule has 0 spiro atoms. The summed E-state index contributed by atoms with van der Waals surface area (Å²) < 4.78 is 26.7. The Balaban J connectivity index is 2.29. The fourth-order valence-corrected chi connectivity index (χ4v) is 2.72. The highest BCUT2D eigenvalue weighted by Gasteiger charge is 2.47. The molecule has 17 heavy (non-hydrogen) atoms. The number of rotatable bonds is 2. The number of halogens is 2. The third kappa shape index (κ3) is 2.08. The smallest absolute Gasteiger partial charge is 0.162 e. The number of benzene rings is 1. The zero-order valence-electron chi connectivity index (χ0n) is 10.3. The molecule has 1 aliphatic carbocycles. The molecule has 1 aromatic rings. The predicted molar refractivity (Wildman–Crippen MR) is 62.6 cm³/mol. The van der Waals surface area contributed by atoms with E-state index in [4.69, 9.17) is 0 Å². The van der Waals surface area contributed by atoms with Gasteiger partial charge in [0.2, 0.25) is 0 Å². The standard InChI is InChI=1S/C14H18F2O/c1-13(2)7-4-8-14(13,17)9-10-5-3-6-11(15)12(10)16/h3,5-6,17H,4,7-9H2,1-2H3. The van der Waals surface area contributed by atoms with E-state index in [9.17, 15) is 13.9 Å². The first kappa shape index (κ1) is 12.5. The highest BCUT2D eigenvalue weighted by molar-refractivity contribution is 5.22. The van der Waals surface area contributed by atoms with Crippen molar-refractivity contribution in [1.29, 1.82) is 0 Å². The second-order valence-electron chi connectivity index (χ2n) is 5.66. The van der Waals surface area contributed by atoms with Crippen LogP contribution in [0.4, 0.5) is 8.78 Å². The van der Waals surface area contributed by atoms with Crippen LogP contribution >= 0.6 is 0 Å². The van der Waals surface area contributed by atoms with Gasteiger partial charge in [-0.2, -0.15) is 0 Å². The summed E-state index contributed by atoms with van der Waals surface area (Å²) in [7, 11) is 0. The molecule has 1 nitrogen and oxygen atoms in total. The van der Waals surface area contributed by atoms with E-state index < -0.39 is 17.2 Å². The van der Waals surface area contributed by atoms with Crippen molar-refractivity contribution in [2.24, 2.45) is 5.41 Å². The van der Waals surface area contributed by atoms with E-state index in [-0.39, 0.29) is 17.4 Å². The number of hydrogen-bond acceptors (Lipinski definition) is 1. The molecule has 0 radical (unpaired) electrons. The SMILES string of the molecule is CC1(C)CCCC1(O)Cc1cccc(F)c1F. The third-order valence-electron chi connectivity index (χ3n) is 4.17. The van der Waals surface area contributed by atoms with Crippen LogP contribution in [0.15, 0.2) is 18.2 Å². The van der Waals surface area contributed by atoms with Crippen molar-refractivity contribution in [2.75, 3.05) is 0 Å². The molecule has 0 bridgehead atoms. The minimum Gasteiger partial charge on any atom is -0.389 e. The zero-order valence-corrected chi connectivity index (χ0v) is 10.3. The van der Waals surface area contributed by atoms with Gasteiger partial charge in [-0.15, -0.1) is 0 Å². The van der Waals surface area contributed by atoms with Crippen LogP contribution in [0, 0.1) is 17.0 Å². The van der Waals surface area contributed by atoms with Crippen LogP contribution in [0.5, 0.6) is 0 Å². The van der Waals surface area contributed by atoms with Crippen LogP contribution in [0.25, 0.3) is 0 Å². The molecule has 1 aromatic carbocycles. The van der Waals surface area contributed by atoms with Crippen molar-refractivity contribution in [3.8, 4) is 0 Å². The molecule has 1 aliphatic rings. The lowest BCUT2D eigenvalue weighted by atomic mass is 9.74. The van der Waals surface area contributed by atoms with Gasteiger partial charge < -0.3 is 5.11 Å². The highest BCUT2D eigenvalue weighted by atomic mass is 19.2. The molecule has 1 saturated carbocycles. The molecule has 1 fully saturated rings. The lowest BCUT2D eigenvalue weighted by Gasteiger charge is -2.37. The van der Waals surface area contributed by atoms with Gasteiger partial charge in [0, 0.05) is 6.42 Å². The van der Waals surface area contributed by atoms with Gasteiger partial charge in [0.25, 0.3) is 0 Å². The minimum atomic E-state index is -0.929. The normalized spacial score (nSPS) is 27.4. The van der Waals surface area contributed by atoms with E-state index in [0.29, 0.717) is 6.42 Å². The van der Waals surface area contributed by atoms with Gasteiger partial charge in [-0.25, -0.2) is 8.78 Å². The molecule has 1 N–H and O–H groups in total. The Morgan fingerprint density at radius 3 is 2.53 bits per heavy atom. The largest absolute Gasteiger partial charge is 0.389 e. The fraction of sp³-hybridized carbons (Fsp3) is 0.571. The fourth-order valence-electron chi connectivity index (χ4n) is 2.72. The van der Waals surface area contributed by atoms with E-state index in [1.54, 1.807) is 6.07 Å². The molecule has 0 heterocycles. The van der Waals surface area contributed by atoms with Crippen molar-refractivity contribution >= 4 is 0 Å². The Labute approximate surface area is 100 Å². The summed E-state index contributed by atoms with van der Waals surface area (Å²) in [6.45, 7) is 3.97. The first-order chi connectivity index (χ1) is 7.86. The summed E-state index contributed by atoms with van der Waals surface area (Å²) in [6, 6.07) is 4.13. The molecular weight excluding hydrogens is 222 g/mol. The predicted octanol–water partition coefficient (Wildman–Crippen LogP) is 3.45. The average Bonchev–Trinajstić information content (AvgIpc) is 2.49. The van der Waals surface area contributed by atoms with Crippen molar-refractivity contribution in [1.82, 2.24) is 0 Å². The first-order valence-corrected chi connectivity index (χ1v) is 6.01. The van der Waals surface area contributed by atoms with Crippen LogP contribution in [-0.4, -0.2) is 10.7 Å². The van der Waals surface area contributed by atoms with Crippen LogP contribution in [0.3, 0.4) is 0 Å². The summed E-state index contributed by atoms with van der Waals surface area (Å²) in [4.78, 5) is 0. The molecule has 1 unspecified atom stereocenters. The third-order valence-corrected chi connectivity index (χ3v) is 4.17. The van der Waals surface area contributed by atoms with Crippen LogP contribution in [-0.2, 0) is 6.42 Å². The average molecular weight is 240 g/mol. The molecule has 3 heteroatoms. The van der Waals surface area contributed by atoms with Crippen LogP contribution < -0.4 is 0 Å². The van der Waals surface area contributed by atoms with Crippen molar-refractivity contribution in [2.45, 2.75) is 45.1 Å². The number of aliphatic hydroxyl groups is 1. The Kier molecular flexibility index (Phi) is 2.98. The molecular formula is C14H18F2O. The van der Waals surface area contributed by atoms with E-state index >= 15 is 0 Å². The van der Waals surface area contributed by atoms with Gasteiger partial charge in [0.05, 0.1) is 5.60 Å². The molecule has 0 saturated heterocycles. The maximum atomic E-state index is 13.6. The maximum absolute atomic E-state index is 13.6.